The van der Waals surface area contributed by atoms with Crippen molar-refractivity contribution in [2.45, 2.75) is 45.3 Å². The summed E-state index contributed by atoms with van der Waals surface area (Å²) in [6.45, 7) is 6.01. The summed E-state index contributed by atoms with van der Waals surface area (Å²) in [5.41, 5.74) is -0.339. The summed E-state index contributed by atoms with van der Waals surface area (Å²) in [5.74, 6) is -0.157. The summed E-state index contributed by atoms with van der Waals surface area (Å²) >= 11 is 0. The van der Waals surface area contributed by atoms with Crippen molar-refractivity contribution in [2.75, 3.05) is 6.61 Å². The van der Waals surface area contributed by atoms with Gasteiger partial charge in [-0.25, -0.2) is 0 Å². The molecule has 0 spiro atoms. The molecule has 0 aromatic heterocycles. The van der Waals surface area contributed by atoms with Gasteiger partial charge in [-0.3, -0.25) is 4.74 Å². The standard InChI is InChI=1S/C13H19F3O2/c1-12(2,3)17-7-10-8-4-5-9(6-8)11(10)18-13(14,15)16/h4-5,8-11H,6-7H2,1-3H3. The molecule has 0 aromatic carbocycles. The van der Waals surface area contributed by atoms with E-state index in [0.29, 0.717) is 6.61 Å². The van der Waals surface area contributed by atoms with Gasteiger partial charge in [-0.05, 0) is 33.1 Å². The highest BCUT2D eigenvalue weighted by Crippen LogP contribution is 2.47. The molecular formula is C13H19F3O2. The van der Waals surface area contributed by atoms with Gasteiger partial charge in [0.2, 0.25) is 0 Å². The maximum atomic E-state index is 12.4. The molecule has 0 saturated heterocycles. The molecule has 0 N–H and O–H groups in total. The molecule has 0 aromatic rings. The molecule has 4 unspecified atom stereocenters. The first-order valence-electron chi connectivity index (χ1n) is 6.22. The van der Waals surface area contributed by atoms with E-state index in [2.05, 4.69) is 4.74 Å². The lowest BCUT2D eigenvalue weighted by molar-refractivity contribution is -0.351. The van der Waals surface area contributed by atoms with E-state index in [1.54, 1.807) is 0 Å². The second-order valence-corrected chi connectivity index (χ2v) is 6.06. The molecule has 0 aliphatic heterocycles. The van der Waals surface area contributed by atoms with Gasteiger partial charge in [0.1, 0.15) is 0 Å². The van der Waals surface area contributed by atoms with Crippen LogP contribution in [-0.2, 0) is 9.47 Å². The molecule has 2 bridgehead atoms. The number of allylic oxidation sites excluding steroid dienone is 1. The van der Waals surface area contributed by atoms with Crippen molar-refractivity contribution < 1.29 is 22.6 Å². The van der Waals surface area contributed by atoms with Crippen LogP contribution in [-0.4, -0.2) is 24.7 Å². The number of fused-ring (bicyclic) bond motifs is 2. The molecule has 4 atom stereocenters. The maximum absolute atomic E-state index is 12.4. The largest absolute Gasteiger partial charge is 0.522 e. The van der Waals surface area contributed by atoms with Gasteiger partial charge >= 0.3 is 6.36 Å². The first kappa shape index (κ1) is 13.9. The van der Waals surface area contributed by atoms with Crippen LogP contribution < -0.4 is 0 Å². The number of alkyl halides is 3. The van der Waals surface area contributed by atoms with Crippen molar-refractivity contribution in [3.8, 4) is 0 Å². The zero-order valence-electron chi connectivity index (χ0n) is 10.8. The second-order valence-electron chi connectivity index (χ2n) is 6.06. The fourth-order valence-electron chi connectivity index (χ4n) is 2.77. The third-order valence-corrected chi connectivity index (χ3v) is 3.52. The van der Waals surface area contributed by atoms with E-state index in [9.17, 15) is 13.2 Å². The van der Waals surface area contributed by atoms with Crippen molar-refractivity contribution in [3.63, 3.8) is 0 Å². The van der Waals surface area contributed by atoms with Crippen molar-refractivity contribution in [1.82, 2.24) is 0 Å². The van der Waals surface area contributed by atoms with Gasteiger partial charge in [-0.15, -0.1) is 13.2 Å². The zero-order chi connectivity index (χ0) is 13.6. The minimum Gasteiger partial charge on any atom is -0.375 e. The van der Waals surface area contributed by atoms with E-state index < -0.39 is 12.5 Å². The van der Waals surface area contributed by atoms with Crippen LogP contribution in [0.4, 0.5) is 13.2 Å². The first-order chi connectivity index (χ1) is 8.16. The molecule has 0 amide bonds. The van der Waals surface area contributed by atoms with Crippen molar-refractivity contribution in [1.29, 1.82) is 0 Å². The van der Waals surface area contributed by atoms with Gasteiger partial charge in [0.15, 0.2) is 0 Å². The lowest BCUT2D eigenvalue weighted by atomic mass is 9.91. The average Bonchev–Trinajstić information content (AvgIpc) is 2.71. The number of ether oxygens (including phenoxy) is 2. The Hall–Kier alpha value is -0.550. The van der Waals surface area contributed by atoms with E-state index in [4.69, 9.17) is 4.74 Å². The van der Waals surface area contributed by atoms with E-state index in [1.807, 2.05) is 32.9 Å². The molecule has 1 fully saturated rings. The minimum absolute atomic E-state index is 0.120. The molecule has 104 valence electrons. The van der Waals surface area contributed by atoms with Crippen LogP contribution in [0.3, 0.4) is 0 Å². The smallest absolute Gasteiger partial charge is 0.375 e. The highest BCUT2D eigenvalue weighted by Gasteiger charge is 2.50. The van der Waals surface area contributed by atoms with Crippen LogP contribution >= 0.6 is 0 Å². The molecule has 0 radical (unpaired) electrons. The quantitative estimate of drug-likeness (QED) is 0.726. The molecule has 2 rings (SSSR count). The Morgan fingerprint density at radius 2 is 1.72 bits per heavy atom. The third kappa shape index (κ3) is 3.26. The summed E-state index contributed by atoms with van der Waals surface area (Å²) in [5, 5.41) is 0. The Bertz CT molecular complexity index is 330. The van der Waals surface area contributed by atoms with Crippen molar-refractivity contribution in [3.05, 3.63) is 12.2 Å². The molecule has 2 nitrogen and oxygen atoms in total. The van der Waals surface area contributed by atoms with Gasteiger partial charge < -0.3 is 4.74 Å². The molecule has 2 aliphatic rings. The van der Waals surface area contributed by atoms with Gasteiger partial charge in [0.05, 0.1) is 18.3 Å². The normalized spacial score (nSPS) is 35.4. The fraction of sp³-hybridized carbons (Fsp3) is 0.846. The third-order valence-electron chi connectivity index (χ3n) is 3.52. The Balaban J connectivity index is 2.00. The second kappa shape index (κ2) is 4.53. The Morgan fingerprint density at radius 3 is 2.28 bits per heavy atom. The first-order valence-corrected chi connectivity index (χ1v) is 6.22. The van der Waals surface area contributed by atoms with Crippen LogP contribution in [0.25, 0.3) is 0 Å². The minimum atomic E-state index is -4.57. The zero-order valence-corrected chi connectivity index (χ0v) is 10.8. The fourth-order valence-corrected chi connectivity index (χ4v) is 2.77. The van der Waals surface area contributed by atoms with Crippen LogP contribution in [0.5, 0.6) is 0 Å². The molecular weight excluding hydrogens is 245 g/mol. The summed E-state index contributed by atoms with van der Waals surface area (Å²) in [6.07, 6.45) is -0.768. The maximum Gasteiger partial charge on any atom is 0.522 e. The van der Waals surface area contributed by atoms with Gasteiger partial charge in [-0.2, -0.15) is 0 Å². The molecule has 5 heteroatoms. The van der Waals surface area contributed by atoms with E-state index in [0.717, 1.165) is 6.42 Å². The molecule has 0 heterocycles. The van der Waals surface area contributed by atoms with Crippen LogP contribution in [0.1, 0.15) is 27.2 Å². The molecule has 18 heavy (non-hydrogen) atoms. The monoisotopic (exact) mass is 264 g/mol. The number of rotatable bonds is 3. The Morgan fingerprint density at radius 1 is 1.11 bits per heavy atom. The van der Waals surface area contributed by atoms with Crippen LogP contribution in [0.15, 0.2) is 12.2 Å². The van der Waals surface area contributed by atoms with Crippen LogP contribution in [0, 0.1) is 17.8 Å². The average molecular weight is 264 g/mol. The van der Waals surface area contributed by atoms with E-state index in [1.165, 1.54) is 0 Å². The van der Waals surface area contributed by atoms with Crippen molar-refractivity contribution >= 4 is 0 Å². The van der Waals surface area contributed by atoms with Gasteiger partial charge in [0, 0.05) is 11.8 Å². The van der Waals surface area contributed by atoms with Gasteiger partial charge in [-0.1, -0.05) is 12.2 Å². The summed E-state index contributed by atoms with van der Waals surface area (Å²) in [7, 11) is 0. The Labute approximate surface area is 105 Å². The van der Waals surface area contributed by atoms with Gasteiger partial charge in [0.25, 0.3) is 0 Å². The molecule has 2 aliphatic carbocycles. The lowest BCUT2D eigenvalue weighted by Crippen LogP contribution is -2.37. The van der Waals surface area contributed by atoms with E-state index in [-0.39, 0.29) is 23.4 Å². The summed E-state index contributed by atoms with van der Waals surface area (Å²) < 4.78 is 47.1. The predicted octanol–water partition coefficient (Wildman–Crippen LogP) is 3.53. The van der Waals surface area contributed by atoms with Crippen LogP contribution in [0.2, 0.25) is 0 Å². The highest BCUT2D eigenvalue weighted by atomic mass is 19.4. The number of halogens is 3. The molecule has 1 saturated carbocycles. The van der Waals surface area contributed by atoms with Crippen molar-refractivity contribution in [2.24, 2.45) is 17.8 Å². The summed E-state index contributed by atoms with van der Waals surface area (Å²) in [4.78, 5) is 0. The SMILES string of the molecule is CC(C)(C)OCC1C2C=CC(C2)C1OC(F)(F)F. The lowest BCUT2D eigenvalue weighted by Gasteiger charge is -2.31. The number of hydrogen-bond acceptors (Lipinski definition) is 2. The topological polar surface area (TPSA) is 18.5 Å². The van der Waals surface area contributed by atoms with E-state index >= 15 is 0 Å². The highest BCUT2D eigenvalue weighted by molar-refractivity contribution is 5.14. The Kier molecular flexibility index (Phi) is 3.49. The summed E-state index contributed by atoms with van der Waals surface area (Å²) in [6, 6.07) is 0. The number of hydrogen-bond donors (Lipinski definition) is 0. The predicted molar refractivity (Wildman–Crippen MR) is 60.9 cm³/mol.